The van der Waals surface area contributed by atoms with Crippen molar-refractivity contribution in [2.75, 3.05) is 0 Å². The molecule has 0 aliphatic rings. The Hall–Kier alpha value is -2.36. The minimum absolute atomic E-state index is 0.0798. The van der Waals surface area contributed by atoms with E-state index in [0.29, 0.717) is 11.1 Å². The van der Waals surface area contributed by atoms with Crippen LogP contribution in [0.1, 0.15) is 34.5 Å². The van der Waals surface area contributed by atoms with Crippen molar-refractivity contribution in [2.45, 2.75) is 20.0 Å². The fourth-order valence-corrected chi connectivity index (χ4v) is 1.85. The summed E-state index contributed by atoms with van der Waals surface area (Å²) in [5.74, 6) is -1.03. The SMILES string of the molecule is Cc1cccc(C(=O)O[C@H](C)c2ccc(F)cc2)c1O. The Morgan fingerprint density at radius 2 is 1.85 bits per heavy atom. The summed E-state index contributed by atoms with van der Waals surface area (Å²) in [4.78, 5) is 12.0. The standard InChI is InChI=1S/C16H15FO3/c1-10-4-3-5-14(15(10)18)16(19)20-11(2)12-6-8-13(17)9-7-12/h3-9,11,18H,1-2H3/t11-/m1/s1. The molecular formula is C16H15FO3. The average molecular weight is 274 g/mol. The van der Waals surface area contributed by atoms with Gasteiger partial charge in [-0.1, -0.05) is 24.3 Å². The molecule has 0 bridgehead atoms. The number of carbonyl (C=O) groups is 1. The van der Waals surface area contributed by atoms with Crippen LogP contribution in [0.3, 0.4) is 0 Å². The van der Waals surface area contributed by atoms with Crippen LogP contribution in [0.4, 0.5) is 4.39 Å². The van der Waals surface area contributed by atoms with Crippen molar-refractivity contribution >= 4 is 5.97 Å². The molecule has 0 aromatic heterocycles. The Bertz CT molecular complexity index is 620. The molecule has 1 atom stereocenters. The van der Waals surface area contributed by atoms with Crippen molar-refractivity contribution < 1.29 is 19.0 Å². The molecule has 0 aliphatic carbocycles. The van der Waals surface area contributed by atoms with Gasteiger partial charge in [0.25, 0.3) is 0 Å². The van der Waals surface area contributed by atoms with Crippen LogP contribution >= 0.6 is 0 Å². The van der Waals surface area contributed by atoms with Crippen molar-refractivity contribution in [3.05, 3.63) is 65.0 Å². The lowest BCUT2D eigenvalue weighted by Crippen LogP contribution is -2.09. The number of phenols is 1. The van der Waals surface area contributed by atoms with Crippen molar-refractivity contribution in [1.29, 1.82) is 0 Å². The molecule has 104 valence electrons. The zero-order valence-corrected chi connectivity index (χ0v) is 11.3. The van der Waals surface area contributed by atoms with Gasteiger partial charge < -0.3 is 9.84 Å². The monoisotopic (exact) mass is 274 g/mol. The van der Waals surface area contributed by atoms with Gasteiger partial charge in [0, 0.05) is 0 Å². The predicted molar refractivity (Wildman–Crippen MR) is 73.1 cm³/mol. The number of aryl methyl sites for hydroxylation is 1. The third-order valence-electron chi connectivity index (χ3n) is 3.08. The summed E-state index contributed by atoms with van der Waals surface area (Å²) in [5, 5.41) is 9.84. The van der Waals surface area contributed by atoms with Crippen molar-refractivity contribution in [3.8, 4) is 5.75 Å². The highest BCUT2D eigenvalue weighted by atomic mass is 19.1. The van der Waals surface area contributed by atoms with Crippen LogP contribution in [0, 0.1) is 12.7 Å². The summed E-state index contributed by atoms with van der Waals surface area (Å²) in [7, 11) is 0. The van der Waals surface area contributed by atoms with Crippen LogP contribution < -0.4 is 0 Å². The van der Waals surface area contributed by atoms with E-state index in [1.807, 2.05) is 0 Å². The highest BCUT2D eigenvalue weighted by molar-refractivity contribution is 5.93. The van der Waals surface area contributed by atoms with E-state index < -0.39 is 12.1 Å². The molecule has 0 radical (unpaired) electrons. The molecule has 0 aliphatic heterocycles. The van der Waals surface area contributed by atoms with Gasteiger partial charge in [-0.15, -0.1) is 0 Å². The molecule has 2 aromatic rings. The second-order valence-electron chi connectivity index (χ2n) is 4.57. The number of aromatic hydroxyl groups is 1. The van der Waals surface area contributed by atoms with Crippen LogP contribution in [0.15, 0.2) is 42.5 Å². The lowest BCUT2D eigenvalue weighted by Gasteiger charge is -2.14. The van der Waals surface area contributed by atoms with Gasteiger partial charge in [0.05, 0.1) is 0 Å². The number of hydrogen-bond acceptors (Lipinski definition) is 3. The van der Waals surface area contributed by atoms with E-state index in [0.717, 1.165) is 0 Å². The zero-order chi connectivity index (χ0) is 14.7. The molecule has 0 unspecified atom stereocenters. The van der Waals surface area contributed by atoms with Crippen LogP contribution in [-0.4, -0.2) is 11.1 Å². The Morgan fingerprint density at radius 3 is 2.50 bits per heavy atom. The van der Waals surface area contributed by atoms with E-state index in [-0.39, 0.29) is 17.1 Å². The molecule has 1 N–H and O–H groups in total. The summed E-state index contributed by atoms with van der Waals surface area (Å²) in [6.45, 7) is 3.40. The lowest BCUT2D eigenvalue weighted by atomic mass is 10.1. The molecule has 4 heteroatoms. The number of ether oxygens (including phenoxy) is 1. The third kappa shape index (κ3) is 2.96. The Labute approximate surface area is 116 Å². The number of rotatable bonds is 3. The Balaban J connectivity index is 2.15. The largest absolute Gasteiger partial charge is 0.507 e. The second-order valence-corrected chi connectivity index (χ2v) is 4.57. The maximum atomic E-state index is 12.8. The smallest absolute Gasteiger partial charge is 0.342 e. The maximum Gasteiger partial charge on any atom is 0.342 e. The normalized spacial score (nSPS) is 11.9. The van der Waals surface area contributed by atoms with Gasteiger partial charge in [-0.05, 0) is 43.2 Å². The summed E-state index contributed by atoms with van der Waals surface area (Å²) >= 11 is 0. The highest BCUT2D eigenvalue weighted by Crippen LogP contribution is 2.25. The van der Waals surface area contributed by atoms with E-state index in [2.05, 4.69) is 0 Å². The Morgan fingerprint density at radius 1 is 1.20 bits per heavy atom. The van der Waals surface area contributed by atoms with Crippen molar-refractivity contribution in [3.63, 3.8) is 0 Å². The minimum Gasteiger partial charge on any atom is -0.507 e. The van der Waals surface area contributed by atoms with Gasteiger partial charge in [-0.2, -0.15) is 0 Å². The molecule has 0 saturated carbocycles. The number of phenolic OH excluding ortho intramolecular Hbond substituents is 1. The molecule has 0 amide bonds. The zero-order valence-electron chi connectivity index (χ0n) is 11.3. The molecule has 0 heterocycles. The van der Waals surface area contributed by atoms with Crippen LogP contribution in [0.25, 0.3) is 0 Å². The first-order valence-electron chi connectivity index (χ1n) is 6.24. The molecule has 2 aromatic carbocycles. The number of benzene rings is 2. The summed E-state index contributed by atoms with van der Waals surface area (Å²) in [6.07, 6.45) is -0.525. The fraction of sp³-hybridized carbons (Fsp3) is 0.188. The number of para-hydroxylation sites is 1. The van der Waals surface area contributed by atoms with Gasteiger partial charge in [0.2, 0.25) is 0 Å². The number of carbonyl (C=O) groups excluding carboxylic acids is 1. The third-order valence-corrected chi connectivity index (χ3v) is 3.08. The predicted octanol–water partition coefficient (Wildman–Crippen LogP) is 3.76. The number of halogens is 1. The first kappa shape index (κ1) is 14.1. The average Bonchev–Trinajstić information content (AvgIpc) is 2.42. The van der Waals surface area contributed by atoms with E-state index >= 15 is 0 Å². The highest BCUT2D eigenvalue weighted by Gasteiger charge is 2.17. The molecule has 0 spiro atoms. The molecule has 0 fully saturated rings. The number of hydrogen-bond donors (Lipinski definition) is 1. The second kappa shape index (κ2) is 5.74. The first-order valence-corrected chi connectivity index (χ1v) is 6.24. The van der Waals surface area contributed by atoms with E-state index in [1.165, 1.54) is 18.2 Å². The molecule has 20 heavy (non-hydrogen) atoms. The molecule has 3 nitrogen and oxygen atoms in total. The summed E-state index contributed by atoms with van der Waals surface area (Å²) in [6, 6.07) is 10.6. The van der Waals surface area contributed by atoms with Gasteiger partial charge in [-0.25, -0.2) is 9.18 Å². The minimum atomic E-state index is -0.608. The van der Waals surface area contributed by atoms with E-state index in [1.54, 1.807) is 38.1 Å². The summed E-state index contributed by atoms with van der Waals surface area (Å²) < 4.78 is 18.1. The lowest BCUT2D eigenvalue weighted by molar-refractivity contribution is 0.0334. The molecule has 2 rings (SSSR count). The van der Waals surface area contributed by atoms with Crippen molar-refractivity contribution in [1.82, 2.24) is 0 Å². The van der Waals surface area contributed by atoms with Gasteiger partial charge in [0.15, 0.2) is 0 Å². The molecule has 0 saturated heterocycles. The van der Waals surface area contributed by atoms with E-state index in [9.17, 15) is 14.3 Å². The number of esters is 1. The van der Waals surface area contributed by atoms with Gasteiger partial charge >= 0.3 is 5.97 Å². The fourth-order valence-electron chi connectivity index (χ4n) is 1.85. The quantitative estimate of drug-likeness (QED) is 0.867. The van der Waals surface area contributed by atoms with Crippen molar-refractivity contribution in [2.24, 2.45) is 0 Å². The van der Waals surface area contributed by atoms with Gasteiger partial charge in [0.1, 0.15) is 23.2 Å². The maximum absolute atomic E-state index is 12.8. The Kier molecular flexibility index (Phi) is 4.03. The van der Waals surface area contributed by atoms with Crippen LogP contribution in [-0.2, 0) is 4.74 Å². The first-order chi connectivity index (χ1) is 9.49. The molecular weight excluding hydrogens is 259 g/mol. The van der Waals surface area contributed by atoms with Crippen LogP contribution in [0.5, 0.6) is 5.75 Å². The van der Waals surface area contributed by atoms with Gasteiger partial charge in [-0.3, -0.25) is 0 Å². The topological polar surface area (TPSA) is 46.5 Å². The van der Waals surface area contributed by atoms with E-state index in [4.69, 9.17) is 4.74 Å². The summed E-state index contributed by atoms with van der Waals surface area (Å²) in [5.41, 5.74) is 1.42. The van der Waals surface area contributed by atoms with Crippen LogP contribution in [0.2, 0.25) is 0 Å².